The lowest BCUT2D eigenvalue weighted by Gasteiger charge is -2.42. The first-order valence-electron chi connectivity index (χ1n) is 13.4. The number of cyclic esters (lactones) is 1. The molecule has 1 N–H and O–H groups in total. The van der Waals surface area contributed by atoms with E-state index < -0.39 is 38.4 Å². The third kappa shape index (κ3) is 7.65. The summed E-state index contributed by atoms with van der Waals surface area (Å²) in [5.41, 5.74) is 1.64. The highest BCUT2D eigenvalue weighted by atomic mass is 28.4. The van der Waals surface area contributed by atoms with Gasteiger partial charge in [0.05, 0.1) is 24.2 Å². The minimum absolute atomic E-state index is 0.00423. The van der Waals surface area contributed by atoms with E-state index in [1.807, 2.05) is 43.3 Å². The number of hydrogen-bond acceptors (Lipinski definition) is 6. The first-order valence-corrected chi connectivity index (χ1v) is 16.3. The fourth-order valence-corrected chi connectivity index (χ4v) is 5.86. The number of rotatable bonds is 12. The molecule has 1 heterocycles. The first-order chi connectivity index (χ1) is 17.6. The van der Waals surface area contributed by atoms with Crippen molar-refractivity contribution in [2.24, 2.45) is 11.8 Å². The Bertz CT molecular complexity index is 986. The van der Waals surface area contributed by atoms with Gasteiger partial charge in [0.25, 0.3) is 0 Å². The van der Waals surface area contributed by atoms with E-state index in [1.165, 1.54) is 4.90 Å². The zero-order valence-corrected chi connectivity index (χ0v) is 25.6. The first kappa shape index (κ1) is 32.0. The molecule has 8 heteroatoms. The smallest absolute Gasteiger partial charge is 0.416 e. The van der Waals surface area contributed by atoms with Crippen LogP contribution >= 0.6 is 0 Å². The summed E-state index contributed by atoms with van der Waals surface area (Å²) >= 11 is 0. The second-order valence-electron chi connectivity index (χ2n) is 11.9. The number of hydrogen-bond donors (Lipinski definition) is 1. The molecule has 1 aliphatic heterocycles. The Morgan fingerprint density at radius 3 is 2.39 bits per heavy atom. The molecule has 0 spiro atoms. The Kier molecular flexibility index (Phi) is 11.1. The van der Waals surface area contributed by atoms with E-state index in [9.17, 15) is 14.7 Å². The molecule has 0 aliphatic carbocycles. The summed E-state index contributed by atoms with van der Waals surface area (Å²) in [5.74, 6) is -1.41. The molecule has 38 heavy (non-hydrogen) atoms. The average Bonchev–Trinajstić information content (AvgIpc) is 3.21. The Balaban J connectivity index is 2.22. The van der Waals surface area contributed by atoms with E-state index in [0.29, 0.717) is 12.0 Å². The number of carbonyl (C=O) groups excluding carboxylic acids is 2. The van der Waals surface area contributed by atoms with Crippen LogP contribution < -0.4 is 0 Å². The highest BCUT2D eigenvalue weighted by molar-refractivity contribution is 6.74. The number of ether oxygens (including phenoxy) is 2. The Hall–Kier alpha value is -2.26. The predicted octanol–water partition coefficient (Wildman–Crippen LogP) is 5.75. The maximum absolute atomic E-state index is 13.4. The third-order valence-electron chi connectivity index (χ3n) is 7.95. The number of nitrogens with zero attached hydrogens (tertiary/aromatic N) is 1. The molecule has 2 rings (SSSR count). The molecule has 1 aromatic rings. The van der Waals surface area contributed by atoms with Gasteiger partial charge in [-0.1, -0.05) is 77.1 Å². The van der Waals surface area contributed by atoms with E-state index in [2.05, 4.69) is 40.4 Å². The molecule has 6 atom stereocenters. The lowest BCUT2D eigenvalue weighted by molar-refractivity contribution is -0.135. The molecule has 0 bridgehead atoms. The maximum atomic E-state index is 13.4. The van der Waals surface area contributed by atoms with Crippen LogP contribution in [-0.4, -0.2) is 68.4 Å². The van der Waals surface area contributed by atoms with Gasteiger partial charge >= 0.3 is 6.09 Å². The molecule has 0 radical (unpaired) electrons. The van der Waals surface area contributed by atoms with E-state index >= 15 is 0 Å². The zero-order valence-electron chi connectivity index (χ0n) is 24.6. The number of aliphatic hydroxyl groups excluding tert-OH is 1. The quantitative estimate of drug-likeness (QED) is 0.266. The molecular formula is C30H47NO6Si. The molecule has 0 aromatic heterocycles. The summed E-state index contributed by atoms with van der Waals surface area (Å²) in [5, 5.41) is 11.2. The number of methoxy groups -OCH3 is 1. The summed E-state index contributed by atoms with van der Waals surface area (Å²) in [4.78, 5) is 27.1. The number of benzene rings is 1. The maximum Gasteiger partial charge on any atom is 0.416 e. The highest BCUT2D eigenvalue weighted by Gasteiger charge is 2.43. The number of imide groups is 1. The molecular weight excluding hydrogens is 498 g/mol. The fraction of sp³-hybridized carbons (Fsp3) is 0.600. The van der Waals surface area contributed by atoms with Crippen LogP contribution in [-0.2, 0) is 25.1 Å². The van der Waals surface area contributed by atoms with Crippen molar-refractivity contribution in [1.29, 1.82) is 0 Å². The van der Waals surface area contributed by atoms with Gasteiger partial charge < -0.3 is 19.0 Å². The highest BCUT2D eigenvalue weighted by Crippen LogP contribution is 2.39. The third-order valence-corrected chi connectivity index (χ3v) is 12.4. The topological polar surface area (TPSA) is 85.3 Å². The van der Waals surface area contributed by atoms with Crippen LogP contribution in [0.4, 0.5) is 4.79 Å². The molecule has 1 aromatic carbocycles. The van der Waals surface area contributed by atoms with Crippen LogP contribution in [0.5, 0.6) is 0 Å². The van der Waals surface area contributed by atoms with Crippen molar-refractivity contribution in [3.8, 4) is 0 Å². The average molecular weight is 546 g/mol. The SMILES string of the molecule is C=C[C@H](OC)[C@@H](O[Si](C)(C)C(C)(C)C)[C@H](C)C=C(C)[C@H](O)C(C)C(=O)N1C(=O)OC[C@H]1Cc1ccccc1. The van der Waals surface area contributed by atoms with Crippen LogP contribution in [0.3, 0.4) is 0 Å². The van der Waals surface area contributed by atoms with E-state index in [-0.39, 0.29) is 29.8 Å². The van der Waals surface area contributed by atoms with Crippen LogP contribution in [0.15, 0.2) is 54.6 Å². The molecule has 7 nitrogen and oxygen atoms in total. The van der Waals surface area contributed by atoms with Crippen LogP contribution in [0.25, 0.3) is 0 Å². The second kappa shape index (κ2) is 13.2. The van der Waals surface area contributed by atoms with Gasteiger partial charge in [0.15, 0.2) is 8.32 Å². The molecule has 0 saturated carbocycles. The lowest BCUT2D eigenvalue weighted by Crippen LogP contribution is -2.49. The molecule has 1 unspecified atom stereocenters. The van der Waals surface area contributed by atoms with Crippen molar-refractivity contribution in [2.45, 2.75) is 90.4 Å². The van der Waals surface area contributed by atoms with Crippen molar-refractivity contribution < 1.29 is 28.6 Å². The van der Waals surface area contributed by atoms with Crippen molar-refractivity contribution in [2.75, 3.05) is 13.7 Å². The van der Waals surface area contributed by atoms with Gasteiger partial charge in [-0.3, -0.25) is 4.79 Å². The van der Waals surface area contributed by atoms with Crippen LogP contribution in [0.2, 0.25) is 18.1 Å². The van der Waals surface area contributed by atoms with Gasteiger partial charge in [-0.2, -0.15) is 0 Å². The molecule has 1 saturated heterocycles. The van der Waals surface area contributed by atoms with Crippen molar-refractivity contribution in [1.82, 2.24) is 4.90 Å². The number of amides is 2. The van der Waals surface area contributed by atoms with E-state index in [4.69, 9.17) is 13.9 Å². The van der Waals surface area contributed by atoms with Crippen molar-refractivity contribution in [3.05, 3.63) is 60.2 Å². The zero-order chi connectivity index (χ0) is 28.8. The normalized spacial score (nSPS) is 20.9. The number of carbonyl (C=O) groups is 2. The Morgan fingerprint density at radius 2 is 1.87 bits per heavy atom. The molecule has 2 amide bonds. The Labute approximate surface area is 230 Å². The summed E-state index contributed by atoms with van der Waals surface area (Å²) in [7, 11) is -0.508. The second-order valence-corrected chi connectivity index (χ2v) is 16.7. The molecule has 1 aliphatic rings. The number of aliphatic hydroxyl groups is 1. The van der Waals surface area contributed by atoms with Crippen LogP contribution in [0.1, 0.15) is 47.1 Å². The summed E-state index contributed by atoms with van der Waals surface area (Å²) < 4.78 is 17.6. The van der Waals surface area contributed by atoms with Crippen molar-refractivity contribution >= 4 is 20.3 Å². The lowest BCUT2D eigenvalue weighted by atomic mass is 9.91. The Morgan fingerprint density at radius 1 is 1.26 bits per heavy atom. The van der Waals surface area contributed by atoms with Gasteiger partial charge in [-0.15, -0.1) is 6.58 Å². The van der Waals surface area contributed by atoms with Gasteiger partial charge in [0, 0.05) is 13.0 Å². The minimum atomic E-state index is -2.14. The van der Waals surface area contributed by atoms with E-state index in [1.54, 1.807) is 27.0 Å². The van der Waals surface area contributed by atoms with Gasteiger partial charge in [-0.05, 0) is 42.6 Å². The largest absolute Gasteiger partial charge is 0.447 e. The fourth-order valence-electron chi connectivity index (χ4n) is 4.48. The van der Waals surface area contributed by atoms with Crippen molar-refractivity contribution in [3.63, 3.8) is 0 Å². The predicted molar refractivity (Wildman–Crippen MR) is 153 cm³/mol. The summed E-state index contributed by atoms with van der Waals surface area (Å²) in [6, 6.07) is 9.26. The summed E-state index contributed by atoms with van der Waals surface area (Å²) in [6.07, 6.45) is 1.79. The van der Waals surface area contributed by atoms with Gasteiger partial charge in [0.2, 0.25) is 5.91 Å². The minimum Gasteiger partial charge on any atom is -0.447 e. The molecule has 1 fully saturated rings. The molecule has 212 valence electrons. The van der Waals surface area contributed by atoms with E-state index in [0.717, 1.165) is 5.56 Å². The van der Waals surface area contributed by atoms with Gasteiger partial charge in [0.1, 0.15) is 12.7 Å². The monoisotopic (exact) mass is 545 g/mol. The van der Waals surface area contributed by atoms with Crippen LogP contribution in [0, 0.1) is 11.8 Å². The van der Waals surface area contributed by atoms with Gasteiger partial charge in [-0.25, -0.2) is 9.69 Å². The summed E-state index contributed by atoms with van der Waals surface area (Å²) in [6.45, 7) is 20.5. The standard InChI is InChI=1S/C30H47NO6Si/c1-11-25(35-8)27(37-38(9,10)30(5,6)7)21(3)17-20(2)26(32)22(4)28(33)31-24(19-36-29(31)34)18-23-15-13-12-14-16-23/h11-17,21-22,24-27,32H,1,18-19H2,2-10H3/t21-,22?,24-,25+,26+,27+/m1/s1.